The summed E-state index contributed by atoms with van der Waals surface area (Å²) >= 11 is 0. The highest BCUT2D eigenvalue weighted by Gasteiger charge is 2.20. The van der Waals surface area contributed by atoms with E-state index in [0.29, 0.717) is 0 Å². The summed E-state index contributed by atoms with van der Waals surface area (Å²) in [6, 6.07) is 9.35. The van der Waals surface area contributed by atoms with Crippen LogP contribution in [-0.4, -0.2) is 22.8 Å². The molecule has 0 bridgehead atoms. The van der Waals surface area contributed by atoms with Gasteiger partial charge in [0.05, 0.1) is 6.42 Å². The third kappa shape index (κ3) is 3.19. The Labute approximate surface area is 96.1 Å². The Morgan fingerprint density at radius 3 is 2.19 bits per heavy atom. The number of benzene rings is 1. The molecule has 1 rings (SSSR count). The number of carbonyl (C=O) groups is 2. The molecule has 0 heterocycles. The molecule has 3 nitrogen and oxygen atoms in total. The lowest BCUT2D eigenvalue weighted by molar-refractivity contribution is -0.145. The van der Waals surface area contributed by atoms with Crippen LogP contribution in [0.25, 0.3) is 0 Å². The summed E-state index contributed by atoms with van der Waals surface area (Å²) in [7, 11) is 0. The van der Waals surface area contributed by atoms with E-state index in [1.807, 2.05) is 44.2 Å². The minimum Gasteiger partial charge on any atom is -0.280 e. The van der Waals surface area contributed by atoms with Crippen LogP contribution in [-0.2, 0) is 16.0 Å². The lowest BCUT2D eigenvalue weighted by Gasteiger charge is -2.23. The Morgan fingerprint density at radius 1 is 1.19 bits per heavy atom. The van der Waals surface area contributed by atoms with E-state index >= 15 is 0 Å². The van der Waals surface area contributed by atoms with Crippen LogP contribution in [0.15, 0.2) is 30.3 Å². The van der Waals surface area contributed by atoms with Gasteiger partial charge in [-0.1, -0.05) is 30.3 Å². The maximum Gasteiger partial charge on any atom is 0.233 e. The summed E-state index contributed by atoms with van der Waals surface area (Å²) in [5, 5.41) is 0. The highest BCUT2D eigenvalue weighted by molar-refractivity contribution is 5.95. The average Bonchev–Trinajstić information content (AvgIpc) is 2.17. The van der Waals surface area contributed by atoms with Crippen molar-refractivity contribution >= 4 is 11.8 Å². The lowest BCUT2D eigenvalue weighted by Crippen LogP contribution is -2.41. The second-order valence-corrected chi connectivity index (χ2v) is 4.04. The van der Waals surface area contributed by atoms with Crippen molar-refractivity contribution < 1.29 is 9.59 Å². The first-order valence-corrected chi connectivity index (χ1v) is 5.39. The Bertz CT molecular complexity index is 371. The molecule has 0 aliphatic carbocycles. The van der Waals surface area contributed by atoms with Gasteiger partial charge in [-0.25, -0.2) is 0 Å². The van der Waals surface area contributed by atoms with Crippen LogP contribution in [0.3, 0.4) is 0 Å². The monoisotopic (exact) mass is 219 g/mol. The fourth-order valence-corrected chi connectivity index (χ4v) is 1.68. The summed E-state index contributed by atoms with van der Waals surface area (Å²) in [4.78, 5) is 24.5. The molecule has 0 aliphatic rings. The molecule has 0 N–H and O–H groups in total. The van der Waals surface area contributed by atoms with Crippen molar-refractivity contribution in [3.63, 3.8) is 0 Å². The van der Waals surface area contributed by atoms with Crippen molar-refractivity contribution in [3.8, 4) is 0 Å². The normalized spacial score (nSPS) is 10.2. The number of rotatable bonds is 3. The van der Waals surface area contributed by atoms with Crippen molar-refractivity contribution in [3.05, 3.63) is 35.9 Å². The fourth-order valence-electron chi connectivity index (χ4n) is 1.68. The van der Waals surface area contributed by atoms with Gasteiger partial charge in [0.25, 0.3) is 0 Å². The van der Waals surface area contributed by atoms with Gasteiger partial charge in [-0.15, -0.1) is 0 Å². The van der Waals surface area contributed by atoms with E-state index in [0.717, 1.165) is 5.56 Å². The van der Waals surface area contributed by atoms with Crippen LogP contribution in [0.1, 0.15) is 26.3 Å². The number of hydrogen-bond donors (Lipinski definition) is 0. The first kappa shape index (κ1) is 12.4. The summed E-state index contributed by atoms with van der Waals surface area (Å²) in [5.74, 6) is -0.343. The van der Waals surface area contributed by atoms with Crippen LogP contribution < -0.4 is 0 Å². The van der Waals surface area contributed by atoms with Gasteiger partial charge in [0.1, 0.15) is 0 Å². The molecule has 0 fully saturated rings. The topological polar surface area (TPSA) is 37.4 Å². The van der Waals surface area contributed by atoms with Gasteiger partial charge in [0, 0.05) is 13.0 Å². The molecular formula is C13H17NO2. The summed E-state index contributed by atoms with van der Waals surface area (Å²) < 4.78 is 0. The molecular weight excluding hydrogens is 202 g/mol. The smallest absolute Gasteiger partial charge is 0.233 e. The highest BCUT2D eigenvalue weighted by atomic mass is 16.2. The molecule has 0 saturated carbocycles. The number of imide groups is 1. The van der Waals surface area contributed by atoms with Crippen molar-refractivity contribution in [1.82, 2.24) is 4.90 Å². The van der Waals surface area contributed by atoms with Gasteiger partial charge in [-0.3, -0.25) is 14.5 Å². The standard InChI is InChI=1S/C13H17NO2/c1-10(2)14(11(3)15)13(16)9-12-7-5-4-6-8-12/h4-8,10H,9H2,1-3H3. The molecule has 16 heavy (non-hydrogen) atoms. The SMILES string of the molecule is CC(=O)N(C(=O)Cc1ccccc1)C(C)C. The van der Waals surface area contributed by atoms with E-state index in [-0.39, 0.29) is 24.3 Å². The van der Waals surface area contributed by atoms with Gasteiger partial charge in [0.2, 0.25) is 11.8 Å². The molecule has 1 aromatic carbocycles. The molecule has 0 aromatic heterocycles. The van der Waals surface area contributed by atoms with Gasteiger partial charge >= 0.3 is 0 Å². The van der Waals surface area contributed by atoms with E-state index in [9.17, 15) is 9.59 Å². The first-order valence-electron chi connectivity index (χ1n) is 5.39. The number of nitrogens with zero attached hydrogens (tertiary/aromatic N) is 1. The Balaban J connectivity index is 2.74. The Hall–Kier alpha value is -1.64. The number of carbonyl (C=O) groups excluding carboxylic acids is 2. The second-order valence-electron chi connectivity index (χ2n) is 4.04. The van der Waals surface area contributed by atoms with Crippen molar-refractivity contribution in [2.75, 3.05) is 0 Å². The van der Waals surface area contributed by atoms with Crippen LogP contribution in [0, 0.1) is 0 Å². The largest absolute Gasteiger partial charge is 0.280 e. The number of amides is 2. The molecule has 3 heteroatoms. The van der Waals surface area contributed by atoms with Gasteiger partial charge in [-0.05, 0) is 19.4 Å². The third-order valence-corrected chi connectivity index (χ3v) is 2.32. The van der Waals surface area contributed by atoms with E-state index < -0.39 is 0 Å². The summed E-state index contributed by atoms with van der Waals surface area (Å²) in [6.45, 7) is 5.09. The molecule has 0 atom stereocenters. The zero-order valence-corrected chi connectivity index (χ0v) is 9.93. The predicted octanol–water partition coefficient (Wildman–Crippen LogP) is 2.01. The molecule has 1 aromatic rings. The minimum atomic E-state index is -0.198. The van der Waals surface area contributed by atoms with Gasteiger partial charge < -0.3 is 0 Å². The van der Waals surface area contributed by atoms with E-state index in [1.165, 1.54) is 11.8 Å². The van der Waals surface area contributed by atoms with E-state index in [4.69, 9.17) is 0 Å². The third-order valence-electron chi connectivity index (χ3n) is 2.32. The average molecular weight is 219 g/mol. The van der Waals surface area contributed by atoms with Crippen LogP contribution in [0.5, 0.6) is 0 Å². The summed E-state index contributed by atoms with van der Waals surface area (Å²) in [5.41, 5.74) is 0.930. The van der Waals surface area contributed by atoms with E-state index in [1.54, 1.807) is 0 Å². The molecule has 0 unspecified atom stereocenters. The minimum absolute atomic E-state index is 0.0892. The van der Waals surface area contributed by atoms with Crippen LogP contribution >= 0.6 is 0 Å². The van der Waals surface area contributed by atoms with Crippen LogP contribution in [0.2, 0.25) is 0 Å². The maximum absolute atomic E-state index is 11.9. The number of hydrogen-bond acceptors (Lipinski definition) is 2. The molecule has 0 radical (unpaired) electrons. The molecule has 0 saturated heterocycles. The molecule has 0 aliphatic heterocycles. The maximum atomic E-state index is 11.9. The zero-order chi connectivity index (χ0) is 12.1. The molecule has 0 spiro atoms. The predicted molar refractivity (Wildman–Crippen MR) is 62.8 cm³/mol. The summed E-state index contributed by atoms with van der Waals surface area (Å²) in [6.07, 6.45) is 0.276. The second kappa shape index (κ2) is 5.45. The van der Waals surface area contributed by atoms with Gasteiger partial charge in [-0.2, -0.15) is 0 Å². The molecule has 86 valence electrons. The fraction of sp³-hybridized carbons (Fsp3) is 0.385. The lowest BCUT2D eigenvalue weighted by atomic mass is 10.1. The van der Waals surface area contributed by atoms with Crippen molar-refractivity contribution in [1.29, 1.82) is 0 Å². The van der Waals surface area contributed by atoms with E-state index in [2.05, 4.69) is 0 Å². The Morgan fingerprint density at radius 2 is 1.75 bits per heavy atom. The zero-order valence-electron chi connectivity index (χ0n) is 9.93. The quantitative estimate of drug-likeness (QED) is 0.779. The molecule has 2 amide bonds. The van der Waals surface area contributed by atoms with Crippen molar-refractivity contribution in [2.45, 2.75) is 33.2 Å². The van der Waals surface area contributed by atoms with Crippen LogP contribution in [0.4, 0.5) is 0 Å². The first-order chi connectivity index (χ1) is 7.52. The van der Waals surface area contributed by atoms with Crippen molar-refractivity contribution in [2.24, 2.45) is 0 Å². The van der Waals surface area contributed by atoms with Gasteiger partial charge in [0.15, 0.2) is 0 Å². The highest BCUT2D eigenvalue weighted by Crippen LogP contribution is 2.06. The Kier molecular flexibility index (Phi) is 4.23.